The molecule has 0 aliphatic rings. The molecule has 0 N–H and O–H groups in total. The maximum absolute atomic E-state index is 13.5. The Morgan fingerprint density at radius 3 is 1.32 bits per heavy atom. The van der Waals surface area contributed by atoms with Gasteiger partial charge >= 0.3 is 11.9 Å². The molecule has 7 nitrogen and oxygen atoms in total. The van der Waals surface area contributed by atoms with Gasteiger partial charge in [-0.25, -0.2) is 9.59 Å². The topological polar surface area (TPSA) is 76.0 Å². The smallest absolute Gasteiger partial charge is 0.359 e. The highest BCUT2D eigenvalue weighted by Crippen LogP contribution is 2.40. The highest BCUT2D eigenvalue weighted by atomic mass is 16.6. The highest BCUT2D eigenvalue weighted by Gasteiger charge is 2.35. The first kappa shape index (κ1) is 37.2. The Labute approximate surface area is 267 Å². The quantitative estimate of drug-likeness (QED) is 0.0776. The second-order valence-electron chi connectivity index (χ2n) is 11.5. The number of benzene rings is 1. The predicted molar refractivity (Wildman–Crippen MR) is 178 cm³/mol. The molecule has 7 heteroatoms. The van der Waals surface area contributed by atoms with Gasteiger partial charge in [0.15, 0.2) is 22.9 Å². The average molecular weight is 614 g/mol. The van der Waals surface area contributed by atoms with E-state index in [9.17, 15) is 9.59 Å². The molecule has 0 unspecified atom stereocenters. The summed E-state index contributed by atoms with van der Waals surface area (Å²) in [5, 5.41) is 0. The molecular formula is C37H59NO6. The standard InChI is InChI=1S/C37H59NO6/c1-5-9-11-13-15-17-19-24-28-43-34-32(36(39)41-7-3)38(30-31-26-22-21-23-27-31)33(37(40)42-8-4)35(34)44-29-25-20-18-16-14-12-10-6-2/h21-23,26-27H,5-20,24-25,28-30H2,1-4H3. The second kappa shape index (κ2) is 23.4. The predicted octanol–water partition coefficient (Wildman–Crippen LogP) is 9.93. The normalized spacial score (nSPS) is 11.0. The lowest BCUT2D eigenvalue weighted by atomic mass is 10.1. The van der Waals surface area contributed by atoms with Crippen LogP contribution in [0, 0.1) is 0 Å². The van der Waals surface area contributed by atoms with E-state index in [-0.39, 0.29) is 42.6 Å². The van der Waals surface area contributed by atoms with Gasteiger partial charge in [0.1, 0.15) is 0 Å². The van der Waals surface area contributed by atoms with E-state index >= 15 is 0 Å². The molecule has 0 saturated heterocycles. The molecule has 0 amide bonds. The van der Waals surface area contributed by atoms with Crippen LogP contribution in [-0.4, -0.2) is 42.9 Å². The lowest BCUT2D eigenvalue weighted by molar-refractivity contribution is 0.0501. The van der Waals surface area contributed by atoms with E-state index in [2.05, 4.69) is 13.8 Å². The van der Waals surface area contributed by atoms with Crippen molar-refractivity contribution in [1.82, 2.24) is 4.57 Å². The summed E-state index contributed by atoms with van der Waals surface area (Å²) >= 11 is 0. The van der Waals surface area contributed by atoms with Crippen LogP contribution in [0.4, 0.5) is 0 Å². The first-order chi connectivity index (χ1) is 21.6. The van der Waals surface area contributed by atoms with Gasteiger partial charge in [-0.05, 0) is 32.3 Å². The molecule has 2 rings (SSSR count). The van der Waals surface area contributed by atoms with Crippen molar-refractivity contribution in [2.75, 3.05) is 26.4 Å². The van der Waals surface area contributed by atoms with Gasteiger partial charge < -0.3 is 23.5 Å². The van der Waals surface area contributed by atoms with Crippen LogP contribution in [0.1, 0.15) is 157 Å². The van der Waals surface area contributed by atoms with Crippen LogP contribution < -0.4 is 9.47 Å². The van der Waals surface area contributed by atoms with Crippen molar-refractivity contribution in [3.05, 3.63) is 47.3 Å². The first-order valence-corrected chi connectivity index (χ1v) is 17.5. The lowest BCUT2D eigenvalue weighted by Crippen LogP contribution is -2.19. The number of carbonyl (C=O) groups is 2. The Hall–Kier alpha value is -2.96. The van der Waals surface area contributed by atoms with Crippen LogP contribution in [0.2, 0.25) is 0 Å². The lowest BCUT2D eigenvalue weighted by Gasteiger charge is -2.13. The van der Waals surface area contributed by atoms with Crippen LogP contribution in [0.25, 0.3) is 0 Å². The maximum atomic E-state index is 13.5. The number of aromatic nitrogens is 1. The van der Waals surface area contributed by atoms with Gasteiger partial charge in [-0.3, -0.25) is 0 Å². The Morgan fingerprint density at radius 1 is 0.545 bits per heavy atom. The minimum absolute atomic E-state index is 0.198. The Kier molecular flexibility index (Phi) is 19.8. The van der Waals surface area contributed by atoms with Crippen LogP contribution in [-0.2, 0) is 16.0 Å². The van der Waals surface area contributed by atoms with E-state index in [0.717, 1.165) is 44.1 Å². The maximum Gasteiger partial charge on any atom is 0.359 e. The first-order valence-electron chi connectivity index (χ1n) is 17.5. The van der Waals surface area contributed by atoms with Crippen molar-refractivity contribution < 1.29 is 28.5 Å². The zero-order chi connectivity index (χ0) is 31.8. The fraction of sp³-hybridized carbons (Fsp3) is 0.676. The fourth-order valence-corrected chi connectivity index (χ4v) is 5.39. The largest absolute Gasteiger partial charge is 0.487 e. The average Bonchev–Trinajstić information content (AvgIpc) is 3.32. The fourth-order valence-electron chi connectivity index (χ4n) is 5.39. The molecule has 1 aromatic carbocycles. The van der Waals surface area contributed by atoms with Crippen molar-refractivity contribution in [1.29, 1.82) is 0 Å². The molecule has 0 spiro atoms. The van der Waals surface area contributed by atoms with Crippen molar-refractivity contribution in [2.45, 2.75) is 137 Å². The molecule has 0 fully saturated rings. The third-order valence-electron chi connectivity index (χ3n) is 7.79. The van der Waals surface area contributed by atoms with Crippen molar-refractivity contribution in [3.8, 4) is 11.5 Å². The number of nitrogens with zero attached hydrogens (tertiary/aromatic N) is 1. The molecule has 2 aromatic rings. The van der Waals surface area contributed by atoms with Crippen molar-refractivity contribution >= 4 is 11.9 Å². The minimum atomic E-state index is -0.540. The molecule has 1 aromatic heterocycles. The summed E-state index contributed by atoms with van der Waals surface area (Å²) in [6.45, 7) is 9.54. The zero-order valence-electron chi connectivity index (χ0n) is 28.1. The number of rotatable bonds is 26. The minimum Gasteiger partial charge on any atom is -0.487 e. The van der Waals surface area contributed by atoms with Crippen LogP contribution >= 0.6 is 0 Å². The van der Waals surface area contributed by atoms with E-state index in [1.807, 2.05) is 30.3 Å². The van der Waals surface area contributed by atoms with Crippen LogP contribution in [0.5, 0.6) is 11.5 Å². The zero-order valence-corrected chi connectivity index (χ0v) is 28.1. The van der Waals surface area contributed by atoms with E-state index in [1.54, 1.807) is 18.4 Å². The SMILES string of the molecule is CCCCCCCCCCOc1c(OCCCCCCCCCC)c(C(=O)OCC)n(Cc2ccccc2)c1C(=O)OCC. The monoisotopic (exact) mass is 613 g/mol. The van der Waals surface area contributed by atoms with Crippen molar-refractivity contribution in [3.63, 3.8) is 0 Å². The van der Waals surface area contributed by atoms with Gasteiger partial charge in [0.2, 0.25) is 0 Å². The Morgan fingerprint density at radius 2 is 0.932 bits per heavy atom. The molecule has 0 aliphatic carbocycles. The molecule has 0 radical (unpaired) electrons. The second-order valence-corrected chi connectivity index (χ2v) is 11.5. The summed E-state index contributed by atoms with van der Waals surface area (Å²) in [4.78, 5) is 27.0. The van der Waals surface area contributed by atoms with E-state index in [4.69, 9.17) is 18.9 Å². The number of hydrogen-bond acceptors (Lipinski definition) is 6. The molecule has 0 aliphatic heterocycles. The van der Waals surface area contributed by atoms with Gasteiger partial charge in [0.05, 0.1) is 26.4 Å². The number of carbonyl (C=O) groups excluding carboxylic acids is 2. The summed E-state index contributed by atoms with van der Waals surface area (Å²) in [6.07, 6.45) is 18.8. The Bertz CT molecular complexity index is 987. The number of ether oxygens (including phenoxy) is 4. The third kappa shape index (κ3) is 13.4. The highest BCUT2D eigenvalue weighted by molar-refractivity contribution is 5.99. The van der Waals surface area contributed by atoms with E-state index < -0.39 is 11.9 Å². The number of hydrogen-bond donors (Lipinski definition) is 0. The summed E-state index contributed by atoms with van der Waals surface area (Å²) in [7, 11) is 0. The molecule has 0 atom stereocenters. The molecule has 0 saturated carbocycles. The van der Waals surface area contributed by atoms with Crippen LogP contribution in [0.3, 0.4) is 0 Å². The van der Waals surface area contributed by atoms with Gasteiger partial charge in [0, 0.05) is 6.54 Å². The molecule has 0 bridgehead atoms. The van der Waals surface area contributed by atoms with E-state index in [0.29, 0.717) is 13.2 Å². The van der Waals surface area contributed by atoms with Crippen molar-refractivity contribution in [2.24, 2.45) is 0 Å². The molecule has 44 heavy (non-hydrogen) atoms. The molecule has 248 valence electrons. The van der Waals surface area contributed by atoms with Gasteiger partial charge in [-0.15, -0.1) is 0 Å². The van der Waals surface area contributed by atoms with Gasteiger partial charge in [0.25, 0.3) is 0 Å². The summed E-state index contributed by atoms with van der Waals surface area (Å²) in [5.41, 5.74) is 1.33. The van der Waals surface area contributed by atoms with E-state index in [1.165, 1.54) is 64.2 Å². The summed E-state index contributed by atoms with van der Waals surface area (Å²) in [6, 6.07) is 9.74. The third-order valence-corrected chi connectivity index (χ3v) is 7.79. The summed E-state index contributed by atoms with van der Waals surface area (Å²) < 4.78 is 25.4. The van der Waals surface area contributed by atoms with Gasteiger partial charge in [-0.1, -0.05) is 134 Å². The molecule has 1 heterocycles. The van der Waals surface area contributed by atoms with Gasteiger partial charge in [-0.2, -0.15) is 0 Å². The summed E-state index contributed by atoms with van der Waals surface area (Å²) in [5.74, 6) is -0.515. The Balaban J connectivity index is 2.31. The number of unbranched alkanes of at least 4 members (excludes halogenated alkanes) is 14. The number of esters is 2. The van der Waals surface area contributed by atoms with Crippen LogP contribution in [0.15, 0.2) is 30.3 Å². The molecular weight excluding hydrogens is 554 g/mol.